The van der Waals surface area contributed by atoms with Crippen molar-refractivity contribution in [1.29, 1.82) is 5.26 Å². The van der Waals surface area contributed by atoms with Gasteiger partial charge in [-0.1, -0.05) is 0 Å². The van der Waals surface area contributed by atoms with E-state index in [4.69, 9.17) is 5.26 Å². The number of carbonyl (C=O) groups is 1. The normalized spacial score (nSPS) is 16.0. The van der Waals surface area contributed by atoms with Crippen LogP contribution in [-0.2, 0) is 4.79 Å². The lowest BCUT2D eigenvalue weighted by Crippen LogP contribution is -2.32. The third-order valence-corrected chi connectivity index (χ3v) is 3.36. The number of nitriles is 1. The van der Waals surface area contributed by atoms with Crippen LogP contribution in [0.15, 0.2) is 22.7 Å². The van der Waals surface area contributed by atoms with Crippen LogP contribution in [-0.4, -0.2) is 25.5 Å². The van der Waals surface area contributed by atoms with Crippen molar-refractivity contribution in [3.63, 3.8) is 0 Å². The van der Waals surface area contributed by atoms with E-state index in [-0.39, 0.29) is 5.91 Å². The minimum absolute atomic E-state index is 0.0444. The Hall–Kier alpha value is -1.54. The standard InChI is InChI=1S/C12H12BrN3O/c13-11-6-10(3-2-9(11)7-14)16-5-1-4-15-12(17)8-16/h2-3,6H,1,4-5,8H2,(H,15,17). The van der Waals surface area contributed by atoms with E-state index >= 15 is 0 Å². The molecule has 2 rings (SSSR count). The fraction of sp³-hybridized carbons (Fsp3) is 0.333. The minimum Gasteiger partial charge on any atom is -0.362 e. The summed E-state index contributed by atoms with van der Waals surface area (Å²) in [4.78, 5) is 13.5. The van der Waals surface area contributed by atoms with Crippen molar-refractivity contribution in [3.8, 4) is 6.07 Å². The van der Waals surface area contributed by atoms with Crippen LogP contribution >= 0.6 is 15.9 Å². The molecule has 0 aliphatic carbocycles. The van der Waals surface area contributed by atoms with Gasteiger partial charge in [0, 0.05) is 23.2 Å². The molecule has 4 nitrogen and oxygen atoms in total. The molecule has 0 bridgehead atoms. The van der Waals surface area contributed by atoms with Gasteiger partial charge in [-0.2, -0.15) is 5.26 Å². The lowest BCUT2D eigenvalue weighted by atomic mass is 10.2. The van der Waals surface area contributed by atoms with Gasteiger partial charge in [0.15, 0.2) is 0 Å². The molecular weight excluding hydrogens is 282 g/mol. The molecule has 0 radical (unpaired) electrons. The summed E-state index contributed by atoms with van der Waals surface area (Å²) < 4.78 is 0.766. The number of benzene rings is 1. The number of carbonyl (C=O) groups excluding carboxylic acids is 1. The Morgan fingerprint density at radius 3 is 3.00 bits per heavy atom. The predicted octanol–water partition coefficient (Wildman–Crippen LogP) is 1.65. The van der Waals surface area contributed by atoms with Crippen molar-refractivity contribution in [2.24, 2.45) is 0 Å². The van der Waals surface area contributed by atoms with Gasteiger partial charge in [0.2, 0.25) is 5.91 Å². The Balaban J connectivity index is 2.24. The zero-order valence-electron chi connectivity index (χ0n) is 9.24. The van der Waals surface area contributed by atoms with Gasteiger partial charge in [0.1, 0.15) is 6.07 Å². The van der Waals surface area contributed by atoms with Gasteiger partial charge < -0.3 is 10.2 Å². The molecule has 1 aromatic carbocycles. The topological polar surface area (TPSA) is 56.1 Å². The first-order chi connectivity index (χ1) is 8.20. The molecule has 0 unspecified atom stereocenters. The number of nitrogens with zero attached hydrogens (tertiary/aromatic N) is 2. The molecule has 1 aliphatic heterocycles. The van der Waals surface area contributed by atoms with E-state index < -0.39 is 0 Å². The molecule has 1 N–H and O–H groups in total. The largest absolute Gasteiger partial charge is 0.362 e. The Bertz CT molecular complexity index is 481. The van der Waals surface area contributed by atoms with Crippen molar-refractivity contribution >= 4 is 27.5 Å². The average Bonchev–Trinajstić information content (AvgIpc) is 2.54. The number of amides is 1. The second-order valence-electron chi connectivity index (χ2n) is 3.90. The maximum Gasteiger partial charge on any atom is 0.239 e. The van der Waals surface area contributed by atoms with Gasteiger partial charge in [0.05, 0.1) is 12.1 Å². The minimum atomic E-state index is 0.0444. The van der Waals surface area contributed by atoms with Crippen molar-refractivity contribution in [2.45, 2.75) is 6.42 Å². The van der Waals surface area contributed by atoms with Crippen LogP contribution in [0.1, 0.15) is 12.0 Å². The zero-order valence-corrected chi connectivity index (χ0v) is 10.8. The van der Waals surface area contributed by atoms with Gasteiger partial charge in [0.25, 0.3) is 0 Å². The van der Waals surface area contributed by atoms with E-state index in [2.05, 4.69) is 27.3 Å². The third-order valence-electron chi connectivity index (χ3n) is 2.70. The molecule has 1 aromatic rings. The van der Waals surface area contributed by atoms with E-state index in [0.717, 1.165) is 29.7 Å². The quantitative estimate of drug-likeness (QED) is 0.857. The Morgan fingerprint density at radius 2 is 2.29 bits per heavy atom. The molecule has 1 amide bonds. The van der Waals surface area contributed by atoms with Crippen molar-refractivity contribution in [1.82, 2.24) is 5.32 Å². The Morgan fingerprint density at radius 1 is 1.47 bits per heavy atom. The predicted molar refractivity (Wildman–Crippen MR) is 68.7 cm³/mol. The maximum atomic E-state index is 11.5. The fourth-order valence-corrected chi connectivity index (χ4v) is 2.27. The maximum absolute atomic E-state index is 11.5. The van der Waals surface area contributed by atoms with Crippen LogP contribution in [0.3, 0.4) is 0 Å². The van der Waals surface area contributed by atoms with Crippen molar-refractivity contribution < 1.29 is 4.79 Å². The van der Waals surface area contributed by atoms with Crippen LogP contribution in [0.25, 0.3) is 0 Å². The van der Waals surface area contributed by atoms with Crippen LogP contribution in [0, 0.1) is 11.3 Å². The zero-order chi connectivity index (χ0) is 12.3. The molecule has 0 spiro atoms. The summed E-state index contributed by atoms with van der Waals surface area (Å²) in [6.45, 7) is 1.95. The SMILES string of the molecule is N#Cc1ccc(N2CCCNC(=O)C2)cc1Br. The summed E-state index contributed by atoms with van der Waals surface area (Å²) in [5.41, 5.74) is 1.57. The van der Waals surface area contributed by atoms with Gasteiger partial charge in [-0.15, -0.1) is 0 Å². The van der Waals surface area contributed by atoms with Gasteiger partial charge >= 0.3 is 0 Å². The van der Waals surface area contributed by atoms with Gasteiger partial charge in [-0.3, -0.25) is 4.79 Å². The first-order valence-corrected chi connectivity index (χ1v) is 6.21. The second kappa shape index (κ2) is 5.19. The number of anilines is 1. The van der Waals surface area contributed by atoms with E-state index in [1.54, 1.807) is 6.07 Å². The summed E-state index contributed by atoms with van der Waals surface area (Å²) in [6.07, 6.45) is 0.934. The highest BCUT2D eigenvalue weighted by molar-refractivity contribution is 9.10. The van der Waals surface area contributed by atoms with E-state index in [9.17, 15) is 4.79 Å². The van der Waals surface area contributed by atoms with Crippen molar-refractivity contribution in [3.05, 3.63) is 28.2 Å². The first-order valence-electron chi connectivity index (χ1n) is 5.42. The van der Waals surface area contributed by atoms with Gasteiger partial charge in [-0.25, -0.2) is 0 Å². The highest BCUT2D eigenvalue weighted by atomic mass is 79.9. The monoisotopic (exact) mass is 293 g/mol. The van der Waals surface area contributed by atoms with Crippen LogP contribution < -0.4 is 10.2 Å². The Kier molecular flexibility index (Phi) is 3.64. The molecule has 17 heavy (non-hydrogen) atoms. The smallest absolute Gasteiger partial charge is 0.239 e. The number of hydrogen-bond acceptors (Lipinski definition) is 3. The third kappa shape index (κ3) is 2.77. The summed E-state index contributed by atoms with van der Waals surface area (Å²) in [5.74, 6) is 0.0444. The summed E-state index contributed by atoms with van der Waals surface area (Å²) in [6, 6.07) is 7.63. The van der Waals surface area contributed by atoms with Crippen LogP contribution in [0.4, 0.5) is 5.69 Å². The molecule has 1 aliphatic rings. The second-order valence-corrected chi connectivity index (χ2v) is 4.76. The number of halogens is 1. The molecule has 0 atom stereocenters. The Labute approximate surface area is 108 Å². The summed E-state index contributed by atoms with van der Waals surface area (Å²) >= 11 is 3.36. The van der Waals surface area contributed by atoms with E-state index in [0.29, 0.717) is 12.1 Å². The van der Waals surface area contributed by atoms with Gasteiger partial charge in [-0.05, 0) is 40.5 Å². The molecular formula is C12H12BrN3O. The lowest BCUT2D eigenvalue weighted by Gasteiger charge is -2.21. The van der Waals surface area contributed by atoms with Crippen LogP contribution in [0.5, 0.6) is 0 Å². The molecule has 1 saturated heterocycles. The number of nitrogens with one attached hydrogen (secondary N) is 1. The summed E-state index contributed by atoms with van der Waals surface area (Å²) in [5, 5.41) is 11.7. The lowest BCUT2D eigenvalue weighted by molar-refractivity contribution is -0.119. The number of hydrogen-bond donors (Lipinski definition) is 1. The molecule has 88 valence electrons. The number of rotatable bonds is 1. The van der Waals surface area contributed by atoms with E-state index in [1.807, 2.05) is 17.0 Å². The van der Waals surface area contributed by atoms with Crippen LogP contribution in [0.2, 0.25) is 0 Å². The highest BCUT2D eigenvalue weighted by Crippen LogP contribution is 2.24. The van der Waals surface area contributed by atoms with Crippen molar-refractivity contribution in [2.75, 3.05) is 24.5 Å². The molecule has 5 heteroatoms. The molecule has 1 fully saturated rings. The summed E-state index contributed by atoms with van der Waals surface area (Å²) in [7, 11) is 0. The molecule has 1 heterocycles. The molecule has 0 aromatic heterocycles. The molecule has 0 saturated carbocycles. The highest BCUT2D eigenvalue weighted by Gasteiger charge is 2.15. The fourth-order valence-electron chi connectivity index (χ4n) is 1.82. The van der Waals surface area contributed by atoms with E-state index in [1.165, 1.54) is 0 Å². The average molecular weight is 294 g/mol. The first kappa shape index (κ1) is 11.9.